The van der Waals surface area contributed by atoms with Gasteiger partial charge in [-0.15, -0.1) is 0 Å². The van der Waals surface area contributed by atoms with Gasteiger partial charge in [-0.1, -0.05) is 54.6 Å². The molecule has 0 aliphatic carbocycles. The number of hydrogen-bond acceptors (Lipinski definition) is 4. The Hall–Kier alpha value is -2.47. The van der Waals surface area contributed by atoms with Gasteiger partial charge in [-0.3, -0.25) is 4.79 Å². The Bertz CT molecular complexity index is 817. The first-order valence-corrected chi connectivity index (χ1v) is 9.61. The van der Waals surface area contributed by atoms with Crippen LogP contribution in [-0.2, 0) is 20.8 Å². The summed E-state index contributed by atoms with van der Waals surface area (Å²) in [5.74, 6) is -0.0501. The fourth-order valence-corrected chi connectivity index (χ4v) is 3.08. The van der Waals surface area contributed by atoms with Crippen molar-refractivity contribution in [1.82, 2.24) is 4.90 Å². The van der Waals surface area contributed by atoms with Crippen molar-refractivity contribution in [2.75, 3.05) is 52.0 Å². The first kappa shape index (κ1) is 20.3. The van der Waals surface area contributed by atoms with Crippen molar-refractivity contribution >= 4 is 23.7 Å². The van der Waals surface area contributed by atoms with Crippen LogP contribution < -0.4 is 4.90 Å². The number of carbonyl (C=O) groups excluding carboxylic acids is 1. The molecule has 2 aromatic carbocycles. The molecule has 0 fully saturated rings. The van der Waals surface area contributed by atoms with Crippen LogP contribution in [0.15, 0.2) is 48.5 Å². The number of fused-ring (bicyclic) bond motifs is 2. The van der Waals surface area contributed by atoms with Gasteiger partial charge in [0, 0.05) is 6.54 Å². The molecule has 0 spiro atoms. The monoisotopic (exact) mass is 380 g/mol. The van der Waals surface area contributed by atoms with Crippen molar-refractivity contribution in [3.8, 4) is 0 Å². The lowest BCUT2D eigenvalue weighted by Crippen LogP contribution is -2.35. The first-order chi connectivity index (χ1) is 13.6. The second-order valence-electron chi connectivity index (χ2n) is 7.04. The molecule has 1 amide bonds. The average Bonchev–Trinajstić information content (AvgIpc) is 2.68. The molecule has 0 N–H and O–H groups in total. The third-order valence-electron chi connectivity index (χ3n) is 4.63. The van der Waals surface area contributed by atoms with Crippen molar-refractivity contribution in [1.29, 1.82) is 0 Å². The Balaban J connectivity index is 1.63. The number of carbonyl (C=O) groups is 1. The normalized spacial score (nSPS) is 14.2. The molecule has 0 saturated carbocycles. The molecule has 0 unspecified atom stereocenters. The molecule has 5 nitrogen and oxygen atoms in total. The minimum atomic E-state index is -0.0501. The van der Waals surface area contributed by atoms with Gasteiger partial charge >= 0.3 is 0 Å². The zero-order chi connectivity index (χ0) is 19.8. The minimum Gasteiger partial charge on any atom is -0.378 e. The number of rotatable bonds is 8. The molecule has 2 aromatic rings. The van der Waals surface area contributed by atoms with E-state index in [1.807, 2.05) is 55.4 Å². The summed E-state index contributed by atoms with van der Waals surface area (Å²) in [5, 5.41) is 0. The van der Waals surface area contributed by atoms with Crippen molar-refractivity contribution in [2.45, 2.75) is 6.54 Å². The van der Waals surface area contributed by atoms with E-state index in [0.717, 1.165) is 28.9 Å². The predicted molar refractivity (Wildman–Crippen MR) is 113 cm³/mol. The zero-order valence-electron chi connectivity index (χ0n) is 16.6. The van der Waals surface area contributed by atoms with Crippen molar-refractivity contribution in [3.63, 3.8) is 0 Å². The van der Waals surface area contributed by atoms with E-state index in [0.29, 0.717) is 26.4 Å². The lowest BCUT2D eigenvalue weighted by atomic mass is 10.0. The van der Waals surface area contributed by atoms with Crippen molar-refractivity contribution in [2.24, 2.45) is 0 Å². The van der Waals surface area contributed by atoms with Crippen molar-refractivity contribution in [3.05, 3.63) is 65.2 Å². The van der Waals surface area contributed by atoms with E-state index in [1.165, 1.54) is 0 Å². The highest BCUT2D eigenvalue weighted by Gasteiger charge is 2.20. The van der Waals surface area contributed by atoms with Gasteiger partial charge in [-0.2, -0.15) is 0 Å². The maximum atomic E-state index is 12.9. The van der Waals surface area contributed by atoms with Gasteiger partial charge in [0.2, 0.25) is 0 Å². The summed E-state index contributed by atoms with van der Waals surface area (Å²) in [6.07, 6.45) is 4.17. The van der Waals surface area contributed by atoms with E-state index in [2.05, 4.69) is 29.2 Å². The molecular weight excluding hydrogens is 352 g/mol. The second-order valence-corrected chi connectivity index (χ2v) is 7.04. The Kier molecular flexibility index (Phi) is 7.37. The number of likely N-dealkylation sites (N-methyl/N-ethyl adjacent to an activating group) is 1. The summed E-state index contributed by atoms with van der Waals surface area (Å²) in [5.41, 5.74) is 4.18. The van der Waals surface area contributed by atoms with Crippen LogP contribution in [0.5, 0.6) is 0 Å². The molecule has 28 heavy (non-hydrogen) atoms. The van der Waals surface area contributed by atoms with E-state index in [9.17, 15) is 4.79 Å². The molecule has 0 saturated heterocycles. The lowest BCUT2D eigenvalue weighted by Gasteiger charge is -2.27. The van der Waals surface area contributed by atoms with Crippen LogP contribution in [-0.4, -0.2) is 57.9 Å². The van der Waals surface area contributed by atoms with Crippen LogP contribution in [0.2, 0.25) is 0 Å². The van der Waals surface area contributed by atoms with Crippen LogP contribution in [0.4, 0.5) is 5.69 Å². The molecule has 3 rings (SSSR count). The molecule has 1 aliphatic rings. The zero-order valence-corrected chi connectivity index (χ0v) is 16.6. The molecule has 0 radical (unpaired) electrons. The van der Waals surface area contributed by atoms with Gasteiger partial charge in [-0.05, 0) is 36.9 Å². The Labute approximate surface area is 167 Å². The Morgan fingerprint density at radius 3 is 2.43 bits per heavy atom. The van der Waals surface area contributed by atoms with Gasteiger partial charge < -0.3 is 19.3 Å². The number of hydrogen-bond donors (Lipinski definition) is 0. The Morgan fingerprint density at radius 1 is 0.929 bits per heavy atom. The molecule has 148 valence electrons. The van der Waals surface area contributed by atoms with Gasteiger partial charge in [0.1, 0.15) is 6.61 Å². The summed E-state index contributed by atoms with van der Waals surface area (Å²) < 4.78 is 11.1. The number of ether oxygens (including phenoxy) is 2. The number of benzene rings is 2. The number of anilines is 1. The smallest absolute Gasteiger partial charge is 0.253 e. The highest BCUT2D eigenvalue weighted by Crippen LogP contribution is 2.28. The maximum Gasteiger partial charge on any atom is 0.253 e. The van der Waals surface area contributed by atoms with Gasteiger partial charge in [0.05, 0.1) is 32.1 Å². The molecule has 0 bridgehead atoms. The molecule has 5 heteroatoms. The van der Waals surface area contributed by atoms with Crippen LogP contribution in [0.1, 0.15) is 16.7 Å². The topological polar surface area (TPSA) is 42.0 Å². The SMILES string of the molecule is CN(C)CCOCCOCC(=O)N1Cc2ccccc2/C=C\c2ccccc21. The first-order valence-electron chi connectivity index (χ1n) is 9.61. The lowest BCUT2D eigenvalue weighted by molar-refractivity contribution is -0.123. The van der Waals surface area contributed by atoms with Crippen LogP contribution in [0.25, 0.3) is 12.2 Å². The average molecular weight is 380 g/mol. The third-order valence-corrected chi connectivity index (χ3v) is 4.63. The highest BCUT2D eigenvalue weighted by molar-refractivity contribution is 5.97. The number of para-hydroxylation sites is 1. The number of nitrogens with zero attached hydrogens (tertiary/aromatic N) is 2. The largest absolute Gasteiger partial charge is 0.378 e. The second kappa shape index (κ2) is 10.2. The fourth-order valence-electron chi connectivity index (χ4n) is 3.08. The summed E-state index contributed by atoms with van der Waals surface area (Å²) in [7, 11) is 4.01. The molecule has 0 aromatic heterocycles. The van der Waals surface area contributed by atoms with E-state index in [4.69, 9.17) is 9.47 Å². The standard InChI is InChI=1S/C23H28N2O3/c1-24(2)13-14-27-15-16-28-18-23(26)25-17-21-9-4-3-7-19(21)11-12-20-8-5-6-10-22(20)25/h3-12H,13-18H2,1-2H3/b12-11-. The van der Waals surface area contributed by atoms with E-state index in [-0.39, 0.29) is 12.5 Å². The molecule has 1 aliphatic heterocycles. The molecular formula is C23H28N2O3. The summed E-state index contributed by atoms with van der Waals surface area (Å²) in [4.78, 5) is 16.8. The van der Waals surface area contributed by atoms with Crippen LogP contribution >= 0.6 is 0 Å². The van der Waals surface area contributed by atoms with E-state index >= 15 is 0 Å². The quantitative estimate of drug-likeness (QED) is 0.659. The van der Waals surface area contributed by atoms with Crippen LogP contribution in [0, 0.1) is 0 Å². The molecule has 0 atom stereocenters. The highest BCUT2D eigenvalue weighted by atomic mass is 16.5. The predicted octanol–water partition coefficient (Wildman–Crippen LogP) is 3.30. The molecule has 1 heterocycles. The van der Waals surface area contributed by atoms with E-state index < -0.39 is 0 Å². The fraction of sp³-hybridized carbons (Fsp3) is 0.348. The third kappa shape index (κ3) is 5.52. The van der Waals surface area contributed by atoms with Crippen LogP contribution in [0.3, 0.4) is 0 Å². The van der Waals surface area contributed by atoms with Gasteiger partial charge in [0.25, 0.3) is 5.91 Å². The van der Waals surface area contributed by atoms with Crippen molar-refractivity contribution < 1.29 is 14.3 Å². The van der Waals surface area contributed by atoms with Gasteiger partial charge in [0.15, 0.2) is 0 Å². The minimum absolute atomic E-state index is 0.0389. The van der Waals surface area contributed by atoms with E-state index in [1.54, 1.807) is 0 Å². The maximum absolute atomic E-state index is 12.9. The summed E-state index contributed by atoms with van der Waals surface area (Å²) in [6.45, 7) is 2.99. The van der Waals surface area contributed by atoms with Gasteiger partial charge in [-0.25, -0.2) is 0 Å². The summed E-state index contributed by atoms with van der Waals surface area (Å²) in [6, 6.07) is 16.1. The Morgan fingerprint density at radius 2 is 1.61 bits per heavy atom. The number of amides is 1. The summed E-state index contributed by atoms with van der Waals surface area (Å²) >= 11 is 0.